The van der Waals surface area contributed by atoms with Gasteiger partial charge in [0.25, 0.3) is 0 Å². The Morgan fingerprint density at radius 1 is 1.17 bits per heavy atom. The van der Waals surface area contributed by atoms with E-state index in [9.17, 15) is 13.2 Å². The van der Waals surface area contributed by atoms with Crippen molar-refractivity contribution in [2.45, 2.75) is 18.4 Å². The zero-order chi connectivity index (χ0) is 17.2. The zero-order valence-corrected chi connectivity index (χ0v) is 14.5. The molecule has 0 saturated carbocycles. The van der Waals surface area contributed by atoms with E-state index in [1.54, 1.807) is 29.5 Å². The first-order valence-corrected chi connectivity index (χ1v) is 9.55. The van der Waals surface area contributed by atoms with Crippen molar-refractivity contribution in [3.05, 3.63) is 65.2 Å². The number of carbonyl (C=O) groups excluding carboxylic acids is 1. The summed E-state index contributed by atoms with van der Waals surface area (Å²) in [6.45, 7) is 1.44. The number of ketones is 1. The molecular weight excluding hydrogens is 346 g/mol. The maximum atomic E-state index is 12.4. The molecule has 0 saturated heterocycles. The van der Waals surface area contributed by atoms with Crippen LogP contribution < -0.4 is 4.72 Å². The van der Waals surface area contributed by atoms with E-state index in [1.807, 2.05) is 23.6 Å². The van der Waals surface area contributed by atoms with Crippen LogP contribution in [0.2, 0.25) is 0 Å². The lowest BCUT2D eigenvalue weighted by molar-refractivity contribution is 0.101. The van der Waals surface area contributed by atoms with Gasteiger partial charge in [0.2, 0.25) is 10.0 Å². The second-order valence-electron chi connectivity index (χ2n) is 5.15. The summed E-state index contributed by atoms with van der Waals surface area (Å²) in [7, 11) is -3.72. The first kappa shape index (κ1) is 16.6. The lowest BCUT2D eigenvalue weighted by atomic mass is 10.2. The van der Waals surface area contributed by atoms with E-state index in [-0.39, 0.29) is 17.2 Å². The molecule has 0 aliphatic heterocycles. The van der Waals surface area contributed by atoms with Gasteiger partial charge in [-0.25, -0.2) is 13.1 Å². The van der Waals surface area contributed by atoms with Crippen molar-refractivity contribution in [2.24, 2.45) is 0 Å². The lowest BCUT2D eigenvalue weighted by Gasteiger charge is -2.06. The maximum absolute atomic E-state index is 12.4. The second-order valence-corrected chi connectivity index (χ2v) is 7.87. The molecule has 1 N–H and O–H groups in total. The smallest absolute Gasteiger partial charge is 0.240 e. The number of hydrogen-bond donors (Lipinski definition) is 1. The predicted molar refractivity (Wildman–Crippen MR) is 92.5 cm³/mol. The maximum Gasteiger partial charge on any atom is 0.240 e. The summed E-state index contributed by atoms with van der Waals surface area (Å²) >= 11 is 1.55. The van der Waals surface area contributed by atoms with Gasteiger partial charge in [-0.2, -0.15) is 0 Å². The number of thiophene rings is 1. The van der Waals surface area contributed by atoms with Gasteiger partial charge in [-0.15, -0.1) is 11.3 Å². The monoisotopic (exact) mass is 361 g/mol. The normalized spacial score (nSPS) is 11.5. The minimum atomic E-state index is -3.72. The summed E-state index contributed by atoms with van der Waals surface area (Å²) in [5.41, 5.74) is 0.357. The van der Waals surface area contributed by atoms with Crippen LogP contribution in [-0.2, 0) is 16.6 Å². The number of rotatable bonds is 6. The first-order valence-electron chi connectivity index (χ1n) is 7.19. The molecule has 24 heavy (non-hydrogen) atoms. The van der Waals surface area contributed by atoms with Crippen LogP contribution in [0.3, 0.4) is 0 Å². The molecule has 2 heterocycles. The molecule has 0 bridgehead atoms. The quantitative estimate of drug-likeness (QED) is 0.679. The molecule has 0 unspecified atom stereocenters. The predicted octanol–water partition coefficient (Wildman–Crippen LogP) is 3.69. The van der Waals surface area contributed by atoms with E-state index in [4.69, 9.17) is 4.42 Å². The van der Waals surface area contributed by atoms with Crippen molar-refractivity contribution >= 4 is 27.1 Å². The summed E-state index contributed by atoms with van der Waals surface area (Å²) in [5.74, 6) is 1.04. The highest BCUT2D eigenvalue weighted by Gasteiger charge is 2.16. The van der Waals surface area contributed by atoms with Gasteiger partial charge >= 0.3 is 0 Å². The van der Waals surface area contributed by atoms with Crippen molar-refractivity contribution < 1.29 is 17.6 Å². The molecule has 0 radical (unpaired) electrons. The average Bonchev–Trinajstić information content (AvgIpc) is 3.24. The van der Waals surface area contributed by atoms with Crippen molar-refractivity contribution in [3.63, 3.8) is 0 Å². The van der Waals surface area contributed by atoms with E-state index < -0.39 is 10.0 Å². The number of furan rings is 1. The fourth-order valence-electron chi connectivity index (χ4n) is 2.16. The van der Waals surface area contributed by atoms with Crippen LogP contribution in [0, 0.1) is 0 Å². The molecular formula is C17H15NO4S2. The largest absolute Gasteiger partial charge is 0.459 e. The molecule has 1 aromatic carbocycles. The standard InChI is InChI=1S/C17H15NO4S2/c1-12(19)13-4-2-5-15(10-13)24(20,21)18-11-14-7-8-16(22-14)17-6-3-9-23-17/h2-10,18H,11H2,1H3. The number of carbonyl (C=O) groups is 1. The summed E-state index contributed by atoms with van der Waals surface area (Å²) in [6.07, 6.45) is 0. The Morgan fingerprint density at radius 2 is 2.00 bits per heavy atom. The highest BCUT2D eigenvalue weighted by atomic mass is 32.2. The van der Waals surface area contributed by atoms with Crippen LogP contribution in [0.25, 0.3) is 10.6 Å². The summed E-state index contributed by atoms with van der Waals surface area (Å²) in [6, 6.07) is 13.4. The second kappa shape index (κ2) is 6.72. The lowest BCUT2D eigenvalue weighted by Crippen LogP contribution is -2.23. The van der Waals surface area contributed by atoms with E-state index in [2.05, 4.69) is 4.72 Å². The summed E-state index contributed by atoms with van der Waals surface area (Å²) in [4.78, 5) is 12.4. The fraction of sp³-hybridized carbons (Fsp3) is 0.118. The van der Waals surface area contributed by atoms with Crippen LogP contribution in [0.15, 0.2) is 63.2 Å². The fourth-order valence-corrected chi connectivity index (χ4v) is 3.88. The van der Waals surface area contributed by atoms with Gasteiger partial charge in [0.1, 0.15) is 11.5 Å². The molecule has 0 fully saturated rings. The number of hydrogen-bond acceptors (Lipinski definition) is 5. The van der Waals surface area contributed by atoms with Gasteiger partial charge in [-0.3, -0.25) is 4.79 Å². The minimum absolute atomic E-state index is 0.0397. The average molecular weight is 361 g/mol. The minimum Gasteiger partial charge on any atom is -0.459 e. The molecule has 3 aromatic rings. The topological polar surface area (TPSA) is 76.4 Å². The number of sulfonamides is 1. The van der Waals surface area contributed by atoms with Crippen molar-refractivity contribution in [1.29, 1.82) is 0 Å². The van der Waals surface area contributed by atoms with Crippen LogP contribution >= 0.6 is 11.3 Å². The highest BCUT2D eigenvalue weighted by Crippen LogP contribution is 2.26. The van der Waals surface area contributed by atoms with Crippen molar-refractivity contribution in [2.75, 3.05) is 0 Å². The zero-order valence-electron chi connectivity index (χ0n) is 12.9. The molecule has 3 rings (SSSR count). The molecule has 2 aromatic heterocycles. The van der Waals surface area contributed by atoms with Gasteiger partial charge in [0.05, 0.1) is 16.3 Å². The van der Waals surface area contributed by atoms with Crippen LogP contribution in [0.1, 0.15) is 23.0 Å². The van der Waals surface area contributed by atoms with Crippen LogP contribution in [0.4, 0.5) is 0 Å². The Hall–Kier alpha value is -2.22. The van der Waals surface area contributed by atoms with E-state index in [0.717, 1.165) is 4.88 Å². The molecule has 7 heteroatoms. The number of Topliss-reactive ketones (excluding diaryl/α,β-unsaturated/α-hetero) is 1. The summed E-state index contributed by atoms with van der Waals surface area (Å²) < 4.78 is 32.8. The molecule has 0 aliphatic rings. The van der Waals surface area contributed by atoms with Crippen molar-refractivity contribution in [1.82, 2.24) is 4.72 Å². The van der Waals surface area contributed by atoms with Gasteiger partial charge < -0.3 is 4.42 Å². The Morgan fingerprint density at radius 3 is 2.71 bits per heavy atom. The number of nitrogens with one attached hydrogen (secondary N) is 1. The third-order valence-electron chi connectivity index (χ3n) is 3.41. The van der Waals surface area contributed by atoms with E-state index >= 15 is 0 Å². The van der Waals surface area contributed by atoms with Crippen molar-refractivity contribution in [3.8, 4) is 10.6 Å². The van der Waals surface area contributed by atoms with E-state index in [0.29, 0.717) is 17.1 Å². The molecule has 0 spiro atoms. The Balaban J connectivity index is 1.74. The Kier molecular flexibility index (Phi) is 4.66. The summed E-state index contributed by atoms with van der Waals surface area (Å²) in [5, 5.41) is 1.95. The highest BCUT2D eigenvalue weighted by molar-refractivity contribution is 7.89. The van der Waals surface area contributed by atoms with Gasteiger partial charge in [0.15, 0.2) is 5.78 Å². The van der Waals surface area contributed by atoms with Gasteiger partial charge in [0, 0.05) is 5.56 Å². The van der Waals surface area contributed by atoms with Gasteiger partial charge in [-0.1, -0.05) is 18.2 Å². The molecule has 5 nitrogen and oxygen atoms in total. The first-order chi connectivity index (χ1) is 11.5. The van der Waals surface area contributed by atoms with Crippen LogP contribution in [-0.4, -0.2) is 14.2 Å². The Labute approximate surface area is 144 Å². The van der Waals surface area contributed by atoms with Crippen LogP contribution in [0.5, 0.6) is 0 Å². The number of benzene rings is 1. The molecule has 0 atom stereocenters. The molecule has 0 amide bonds. The van der Waals surface area contributed by atoms with E-state index in [1.165, 1.54) is 19.1 Å². The molecule has 0 aliphatic carbocycles. The SMILES string of the molecule is CC(=O)c1cccc(S(=O)(=O)NCc2ccc(-c3cccs3)o2)c1. The molecule has 124 valence electrons. The third-order valence-corrected chi connectivity index (χ3v) is 5.70. The van der Waals surface area contributed by atoms with Gasteiger partial charge in [-0.05, 0) is 42.6 Å². The Bertz CT molecular complexity index is 956. The third kappa shape index (κ3) is 3.64.